The highest BCUT2D eigenvalue weighted by molar-refractivity contribution is 5.72. The molecule has 0 fully saturated rings. The molecule has 0 N–H and O–H groups in total. The van der Waals surface area contributed by atoms with Gasteiger partial charge in [0, 0.05) is 32.7 Å². The molecule has 0 aromatic carbocycles. The van der Waals surface area contributed by atoms with Gasteiger partial charge in [-0.1, -0.05) is 12.2 Å². The van der Waals surface area contributed by atoms with Crippen LogP contribution in [0.25, 0.3) is 5.57 Å². The van der Waals surface area contributed by atoms with Gasteiger partial charge >= 0.3 is 0 Å². The summed E-state index contributed by atoms with van der Waals surface area (Å²) < 4.78 is 1.99. The number of aromatic nitrogens is 2. The van der Waals surface area contributed by atoms with E-state index in [4.69, 9.17) is 0 Å². The molecule has 1 aromatic rings. The Bertz CT molecular complexity index is 370. The first-order chi connectivity index (χ1) is 6.75. The third-order valence-corrected chi connectivity index (χ3v) is 1.87. The van der Waals surface area contributed by atoms with E-state index in [0.717, 1.165) is 11.4 Å². The predicted octanol–water partition coefficient (Wildman–Crippen LogP) is 2.08. The van der Waals surface area contributed by atoms with Gasteiger partial charge in [0.1, 0.15) is 5.82 Å². The molecule has 0 amide bonds. The maximum Gasteiger partial charge on any atom is 0.135 e. The average molecular weight is 189 g/mol. The lowest BCUT2D eigenvalue weighted by Crippen LogP contribution is -1.93. The molecular formula is C11H15N3. The van der Waals surface area contributed by atoms with Gasteiger partial charge in [-0.2, -0.15) is 0 Å². The van der Waals surface area contributed by atoms with Gasteiger partial charge in [0.2, 0.25) is 0 Å². The van der Waals surface area contributed by atoms with Gasteiger partial charge in [-0.3, -0.25) is 4.99 Å². The summed E-state index contributed by atoms with van der Waals surface area (Å²) >= 11 is 0. The quantitative estimate of drug-likeness (QED) is 0.529. The van der Waals surface area contributed by atoms with E-state index >= 15 is 0 Å². The van der Waals surface area contributed by atoms with E-state index in [1.54, 1.807) is 19.5 Å². The Hall–Kier alpha value is -1.64. The molecule has 0 spiro atoms. The van der Waals surface area contributed by atoms with Crippen LogP contribution in [0.15, 0.2) is 35.6 Å². The van der Waals surface area contributed by atoms with Crippen LogP contribution in [0.4, 0.5) is 0 Å². The third kappa shape index (κ3) is 2.69. The molecule has 1 heterocycles. The average Bonchev–Trinajstić information content (AvgIpc) is 2.59. The lowest BCUT2D eigenvalue weighted by atomic mass is 10.2. The largest absolute Gasteiger partial charge is 0.334 e. The molecule has 0 aliphatic heterocycles. The molecule has 0 bridgehead atoms. The number of hydrogen-bond donors (Lipinski definition) is 0. The van der Waals surface area contributed by atoms with E-state index in [9.17, 15) is 0 Å². The van der Waals surface area contributed by atoms with Crippen LogP contribution in [0.5, 0.6) is 0 Å². The Morgan fingerprint density at radius 1 is 1.50 bits per heavy atom. The fourth-order valence-corrected chi connectivity index (χ4v) is 1.16. The maximum absolute atomic E-state index is 4.24. The van der Waals surface area contributed by atoms with Crippen LogP contribution in [-0.4, -0.2) is 22.8 Å². The van der Waals surface area contributed by atoms with E-state index < -0.39 is 0 Å². The van der Waals surface area contributed by atoms with E-state index in [-0.39, 0.29) is 0 Å². The van der Waals surface area contributed by atoms with E-state index in [2.05, 4.69) is 9.98 Å². The van der Waals surface area contributed by atoms with Crippen molar-refractivity contribution in [2.24, 2.45) is 12.0 Å². The summed E-state index contributed by atoms with van der Waals surface area (Å²) in [5.41, 5.74) is 1.14. The maximum atomic E-state index is 4.24. The number of hydrogen-bond acceptors (Lipinski definition) is 2. The van der Waals surface area contributed by atoms with Crippen LogP contribution in [0.1, 0.15) is 12.7 Å². The monoisotopic (exact) mass is 189 g/mol. The SMILES string of the molecule is CN=C/C=C\C=C(/C)c1nccn1C. The fourth-order valence-electron chi connectivity index (χ4n) is 1.16. The van der Waals surface area contributed by atoms with Crippen molar-refractivity contribution in [3.8, 4) is 0 Å². The summed E-state index contributed by atoms with van der Waals surface area (Å²) in [6, 6.07) is 0. The topological polar surface area (TPSA) is 30.2 Å². The molecule has 3 heteroatoms. The molecule has 1 rings (SSSR count). The smallest absolute Gasteiger partial charge is 0.135 e. The molecule has 0 saturated carbocycles. The number of imidazole rings is 1. The standard InChI is InChI=1S/C11H15N3/c1-10(6-4-5-7-12-2)11-13-8-9-14(11)3/h4-9H,1-3H3/b5-4-,10-6+,12-7?. The highest BCUT2D eigenvalue weighted by Crippen LogP contribution is 2.09. The molecule has 14 heavy (non-hydrogen) atoms. The van der Waals surface area contributed by atoms with Crippen LogP contribution in [0, 0.1) is 0 Å². The zero-order valence-electron chi connectivity index (χ0n) is 8.81. The van der Waals surface area contributed by atoms with Gasteiger partial charge in [-0.05, 0) is 18.6 Å². The van der Waals surface area contributed by atoms with Gasteiger partial charge in [-0.25, -0.2) is 4.98 Å². The molecule has 0 radical (unpaired) electrons. The van der Waals surface area contributed by atoms with Crippen LogP contribution in [0.2, 0.25) is 0 Å². The van der Waals surface area contributed by atoms with Crippen molar-refractivity contribution in [3.63, 3.8) is 0 Å². The zero-order chi connectivity index (χ0) is 10.4. The van der Waals surface area contributed by atoms with Gasteiger partial charge in [0.15, 0.2) is 0 Å². The summed E-state index contributed by atoms with van der Waals surface area (Å²) in [7, 11) is 3.73. The number of allylic oxidation sites excluding steroid dienone is 4. The summed E-state index contributed by atoms with van der Waals surface area (Å²) in [6.45, 7) is 2.04. The first kappa shape index (κ1) is 10.4. The Morgan fingerprint density at radius 3 is 2.86 bits per heavy atom. The van der Waals surface area contributed by atoms with Gasteiger partial charge in [-0.15, -0.1) is 0 Å². The van der Waals surface area contributed by atoms with Crippen molar-refractivity contribution in [1.82, 2.24) is 9.55 Å². The van der Waals surface area contributed by atoms with E-state index in [0.29, 0.717) is 0 Å². The fraction of sp³-hybridized carbons (Fsp3) is 0.273. The Labute approximate surface area is 84.5 Å². The van der Waals surface area contributed by atoms with Crippen molar-refractivity contribution < 1.29 is 0 Å². The predicted molar refractivity (Wildman–Crippen MR) is 60.4 cm³/mol. The molecule has 0 aliphatic rings. The lowest BCUT2D eigenvalue weighted by molar-refractivity contribution is 0.889. The lowest BCUT2D eigenvalue weighted by Gasteiger charge is -1.99. The van der Waals surface area contributed by atoms with Crippen LogP contribution in [-0.2, 0) is 7.05 Å². The second-order valence-corrected chi connectivity index (χ2v) is 3.00. The van der Waals surface area contributed by atoms with Crippen LogP contribution >= 0.6 is 0 Å². The summed E-state index contributed by atoms with van der Waals surface area (Å²) in [4.78, 5) is 8.09. The zero-order valence-corrected chi connectivity index (χ0v) is 8.81. The minimum absolute atomic E-state index is 0.989. The molecule has 3 nitrogen and oxygen atoms in total. The van der Waals surface area contributed by atoms with Crippen molar-refractivity contribution in [2.45, 2.75) is 6.92 Å². The Kier molecular flexibility index (Phi) is 3.85. The van der Waals surface area contributed by atoms with Crippen molar-refractivity contribution >= 4 is 11.8 Å². The highest BCUT2D eigenvalue weighted by atomic mass is 15.0. The summed E-state index contributed by atoms with van der Waals surface area (Å²) in [6.07, 6.45) is 11.4. The Balaban J connectivity index is 2.75. The normalized spacial score (nSPS) is 13.2. The first-order valence-electron chi connectivity index (χ1n) is 4.49. The first-order valence-corrected chi connectivity index (χ1v) is 4.49. The van der Waals surface area contributed by atoms with Gasteiger partial charge in [0.05, 0.1) is 0 Å². The summed E-state index contributed by atoms with van der Waals surface area (Å²) in [5, 5.41) is 0. The van der Waals surface area contributed by atoms with Gasteiger partial charge < -0.3 is 4.57 Å². The van der Waals surface area contributed by atoms with Crippen molar-refractivity contribution in [1.29, 1.82) is 0 Å². The van der Waals surface area contributed by atoms with E-state index in [1.807, 2.05) is 43.0 Å². The summed E-state index contributed by atoms with van der Waals surface area (Å²) in [5.74, 6) is 0.989. The Morgan fingerprint density at radius 2 is 2.29 bits per heavy atom. The number of nitrogens with zero attached hydrogens (tertiary/aromatic N) is 3. The molecule has 0 unspecified atom stereocenters. The molecular weight excluding hydrogens is 174 g/mol. The van der Waals surface area contributed by atoms with Crippen molar-refractivity contribution in [3.05, 3.63) is 36.4 Å². The van der Waals surface area contributed by atoms with Crippen LogP contribution in [0.3, 0.4) is 0 Å². The third-order valence-electron chi connectivity index (χ3n) is 1.87. The molecule has 0 atom stereocenters. The van der Waals surface area contributed by atoms with Crippen molar-refractivity contribution in [2.75, 3.05) is 7.05 Å². The minimum Gasteiger partial charge on any atom is -0.334 e. The molecule has 0 aliphatic carbocycles. The highest BCUT2D eigenvalue weighted by Gasteiger charge is 1.98. The molecule has 74 valence electrons. The molecule has 0 saturated heterocycles. The minimum atomic E-state index is 0.989. The van der Waals surface area contributed by atoms with Gasteiger partial charge in [0.25, 0.3) is 0 Å². The van der Waals surface area contributed by atoms with E-state index in [1.165, 1.54) is 0 Å². The second kappa shape index (κ2) is 5.17. The molecule has 1 aromatic heterocycles. The van der Waals surface area contributed by atoms with Crippen LogP contribution < -0.4 is 0 Å². The number of rotatable bonds is 3. The second-order valence-electron chi connectivity index (χ2n) is 3.00. The number of aliphatic imine (C=N–C) groups is 1. The number of aryl methyl sites for hydroxylation is 1.